The summed E-state index contributed by atoms with van der Waals surface area (Å²) in [5.74, 6) is 0.839. The third-order valence-corrected chi connectivity index (χ3v) is 3.07. The van der Waals surface area contributed by atoms with E-state index in [1.807, 2.05) is 19.9 Å². The van der Waals surface area contributed by atoms with E-state index in [4.69, 9.17) is 4.74 Å². The molecule has 0 aliphatic heterocycles. The molecule has 108 valence electrons. The summed E-state index contributed by atoms with van der Waals surface area (Å²) < 4.78 is 5.72. The highest BCUT2D eigenvalue weighted by molar-refractivity contribution is 5.98. The molecular weight excluding hydrogens is 270 g/mol. The molecule has 0 amide bonds. The lowest BCUT2D eigenvalue weighted by atomic mass is 10.0. The monoisotopic (exact) mass is 285 g/mol. The number of rotatable bonds is 4. The zero-order chi connectivity index (χ0) is 15.6. The van der Waals surface area contributed by atoms with E-state index in [1.165, 1.54) is 31.2 Å². The Morgan fingerprint density at radius 2 is 1.76 bits per heavy atom. The van der Waals surface area contributed by atoms with E-state index in [0.29, 0.717) is 17.1 Å². The summed E-state index contributed by atoms with van der Waals surface area (Å²) in [6, 6.07) is 9.46. The number of hydrogen-bond donors (Lipinski definition) is 0. The molecular formula is C16H15NO4. The first-order chi connectivity index (χ1) is 9.88. The van der Waals surface area contributed by atoms with Crippen LogP contribution in [0.4, 0.5) is 5.69 Å². The zero-order valence-electron chi connectivity index (χ0n) is 12.0. The molecule has 0 N–H and O–H groups in total. The van der Waals surface area contributed by atoms with E-state index < -0.39 is 4.92 Å². The Kier molecular flexibility index (Phi) is 4.03. The SMILES string of the molecule is CC(=O)c1c(C)cc(C)cc1Oc1ccc([N+](=O)[O-])cc1. The minimum absolute atomic E-state index is 0.00503. The lowest BCUT2D eigenvalue weighted by Gasteiger charge is -2.13. The minimum atomic E-state index is -0.471. The Hall–Kier alpha value is -2.69. The second-order valence-electron chi connectivity index (χ2n) is 4.86. The van der Waals surface area contributed by atoms with Crippen LogP contribution < -0.4 is 4.74 Å². The predicted molar refractivity (Wildman–Crippen MR) is 79.1 cm³/mol. The van der Waals surface area contributed by atoms with Crippen LogP contribution in [-0.4, -0.2) is 10.7 Å². The van der Waals surface area contributed by atoms with Gasteiger partial charge in [-0.2, -0.15) is 0 Å². The standard InChI is InChI=1S/C16H15NO4/c1-10-8-11(2)16(12(3)18)15(9-10)21-14-6-4-13(5-7-14)17(19)20/h4-9H,1-3H3. The van der Waals surface area contributed by atoms with Crippen LogP contribution in [0.2, 0.25) is 0 Å². The Balaban J connectivity index is 2.39. The van der Waals surface area contributed by atoms with Gasteiger partial charge in [0.25, 0.3) is 5.69 Å². The third-order valence-electron chi connectivity index (χ3n) is 3.07. The molecule has 0 spiro atoms. The number of hydrogen-bond acceptors (Lipinski definition) is 4. The van der Waals surface area contributed by atoms with Crippen LogP contribution >= 0.6 is 0 Å². The molecule has 2 aromatic rings. The van der Waals surface area contributed by atoms with Gasteiger partial charge in [0.1, 0.15) is 11.5 Å². The number of carbonyl (C=O) groups excluding carboxylic acids is 1. The molecule has 0 unspecified atom stereocenters. The Morgan fingerprint density at radius 1 is 1.14 bits per heavy atom. The molecule has 0 radical (unpaired) electrons. The van der Waals surface area contributed by atoms with Crippen molar-refractivity contribution in [1.29, 1.82) is 0 Å². The summed E-state index contributed by atoms with van der Waals surface area (Å²) >= 11 is 0. The molecule has 0 fully saturated rings. The van der Waals surface area contributed by atoms with Crippen molar-refractivity contribution >= 4 is 11.5 Å². The first-order valence-corrected chi connectivity index (χ1v) is 6.43. The van der Waals surface area contributed by atoms with Crippen LogP contribution in [0, 0.1) is 24.0 Å². The second kappa shape index (κ2) is 5.75. The number of nitrogens with zero attached hydrogens (tertiary/aromatic N) is 1. The quantitative estimate of drug-likeness (QED) is 0.479. The Labute approximate surface area is 122 Å². The number of nitro benzene ring substituents is 1. The van der Waals surface area contributed by atoms with Crippen molar-refractivity contribution in [1.82, 2.24) is 0 Å². The highest BCUT2D eigenvalue weighted by Gasteiger charge is 2.14. The van der Waals surface area contributed by atoms with Gasteiger partial charge in [0.2, 0.25) is 0 Å². The maximum absolute atomic E-state index is 11.8. The van der Waals surface area contributed by atoms with Gasteiger partial charge in [0, 0.05) is 12.1 Å². The number of nitro groups is 1. The summed E-state index contributed by atoms with van der Waals surface area (Å²) in [7, 11) is 0. The molecule has 0 heterocycles. The first kappa shape index (κ1) is 14.7. The molecule has 2 aromatic carbocycles. The number of benzene rings is 2. The van der Waals surface area contributed by atoms with Gasteiger partial charge in [0.05, 0.1) is 10.5 Å². The third kappa shape index (κ3) is 3.25. The topological polar surface area (TPSA) is 69.4 Å². The van der Waals surface area contributed by atoms with Gasteiger partial charge in [-0.25, -0.2) is 0 Å². The van der Waals surface area contributed by atoms with Crippen LogP contribution in [0.25, 0.3) is 0 Å². The lowest BCUT2D eigenvalue weighted by molar-refractivity contribution is -0.384. The molecule has 21 heavy (non-hydrogen) atoms. The number of carbonyl (C=O) groups is 1. The van der Waals surface area contributed by atoms with Crippen molar-refractivity contribution < 1.29 is 14.5 Å². The Bertz CT molecular complexity index is 705. The minimum Gasteiger partial charge on any atom is -0.457 e. The smallest absolute Gasteiger partial charge is 0.269 e. The highest BCUT2D eigenvalue weighted by atomic mass is 16.6. The number of Topliss-reactive ketones (excluding diaryl/α,β-unsaturated/α-hetero) is 1. The van der Waals surface area contributed by atoms with Crippen LogP contribution in [0.3, 0.4) is 0 Å². The Morgan fingerprint density at radius 3 is 2.29 bits per heavy atom. The van der Waals surface area contributed by atoms with E-state index >= 15 is 0 Å². The average Bonchev–Trinajstić information content (AvgIpc) is 2.37. The molecule has 5 heteroatoms. The molecule has 5 nitrogen and oxygen atoms in total. The van der Waals surface area contributed by atoms with Crippen molar-refractivity contribution in [2.75, 3.05) is 0 Å². The summed E-state index contributed by atoms with van der Waals surface area (Å²) in [5.41, 5.74) is 2.35. The van der Waals surface area contributed by atoms with E-state index in [2.05, 4.69) is 0 Å². The normalized spacial score (nSPS) is 10.2. The molecule has 0 aliphatic rings. The van der Waals surface area contributed by atoms with E-state index in [-0.39, 0.29) is 11.5 Å². The number of ether oxygens (including phenoxy) is 1. The van der Waals surface area contributed by atoms with E-state index in [0.717, 1.165) is 11.1 Å². The first-order valence-electron chi connectivity index (χ1n) is 6.43. The van der Waals surface area contributed by atoms with Crippen molar-refractivity contribution in [3.05, 3.63) is 63.2 Å². The average molecular weight is 285 g/mol. The molecule has 0 saturated carbocycles. The van der Waals surface area contributed by atoms with Crippen LogP contribution in [0.5, 0.6) is 11.5 Å². The summed E-state index contributed by atoms with van der Waals surface area (Å²) in [6.45, 7) is 5.26. The van der Waals surface area contributed by atoms with E-state index in [9.17, 15) is 14.9 Å². The van der Waals surface area contributed by atoms with Crippen molar-refractivity contribution in [2.45, 2.75) is 20.8 Å². The largest absolute Gasteiger partial charge is 0.457 e. The van der Waals surface area contributed by atoms with Gasteiger partial charge in [0.15, 0.2) is 5.78 Å². The molecule has 0 saturated heterocycles. The van der Waals surface area contributed by atoms with Gasteiger partial charge in [-0.3, -0.25) is 14.9 Å². The van der Waals surface area contributed by atoms with Gasteiger partial charge in [-0.15, -0.1) is 0 Å². The summed E-state index contributed by atoms with van der Waals surface area (Å²) in [5, 5.41) is 10.6. The van der Waals surface area contributed by atoms with E-state index in [1.54, 1.807) is 6.07 Å². The molecule has 0 aliphatic carbocycles. The zero-order valence-corrected chi connectivity index (χ0v) is 12.0. The molecule has 0 atom stereocenters. The maximum Gasteiger partial charge on any atom is 0.269 e. The predicted octanol–water partition coefficient (Wildman–Crippen LogP) is 4.21. The lowest BCUT2D eigenvalue weighted by Crippen LogP contribution is -2.01. The number of non-ortho nitro benzene ring substituents is 1. The maximum atomic E-state index is 11.8. The van der Waals surface area contributed by atoms with Crippen LogP contribution in [0.15, 0.2) is 36.4 Å². The number of aryl methyl sites for hydroxylation is 2. The fourth-order valence-corrected chi connectivity index (χ4v) is 2.22. The van der Waals surface area contributed by atoms with Gasteiger partial charge in [-0.1, -0.05) is 6.07 Å². The second-order valence-corrected chi connectivity index (χ2v) is 4.86. The van der Waals surface area contributed by atoms with Crippen molar-refractivity contribution in [2.24, 2.45) is 0 Å². The fraction of sp³-hybridized carbons (Fsp3) is 0.188. The number of ketones is 1. The molecule has 2 rings (SSSR count). The van der Waals surface area contributed by atoms with Gasteiger partial charge < -0.3 is 4.74 Å². The van der Waals surface area contributed by atoms with Crippen LogP contribution in [0.1, 0.15) is 28.4 Å². The van der Waals surface area contributed by atoms with Crippen molar-refractivity contribution in [3.8, 4) is 11.5 Å². The molecule has 0 bridgehead atoms. The highest BCUT2D eigenvalue weighted by Crippen LogP contribution is 2.30. The van der Waals surface area contributed by atoms with Crippen LogP contribution in [-0.2, 0) is 0 Å². The van der Waals surface area contributed by atoms with Crippen molar-refractivity contribution in [3.63, 3.8) is 0 Å². The fourth-order valence-electron chi connectivity index (χ4n) is 2.22. The van der Waals surface area contributed by atoms with Gasteiger partial charge >= 0.3 is 0 Å². The van der Waals surface area contributed by atoms with Gasteiger partial charge in [-0.05, 0) is 50.1 Å². The molecule has 0 aromatic heterocycles. The summed E-state index contributed by atoms with van der Waals surface area (Å²) in [6.07, 6.45) is 0. The summed E-state index contributed by atoms with van der Waals surface area (Å²) in [4.78, 5) is 21.9.